The van der Waals surface area contributed by atoms with Gasteiger partial charge in [0.05, 0.1) is 12.2 Å². The second-order valence-electron chi connectivity index (χ2n) is 2.94. The Bertz CT molecular complexity index is 122. The van der Waals surface area contributed by atoms with Crippen molar-refractivity contribution in [2.75, 3.05) is 0 Å². The van der Waals surface area contributed by atoms with Gasteiger partial charge in [0.15, 0.2) is 0 Å². The maximum atomic E-state index is 9.18. The highest BCUT2D eigenvalue weighted by atomic mass is 16.3. The Balaban J connectivity index is 2.40. The number of hydrogen-bond donors (Lipinski definition) is 2. The van der Waals surface area contributed by atoms with Gasteiger partial charge in [-0.25, -0.2) is 0 Å². The lowest BCUT2D eigenvalue weighted by Gasteiger charge is -2.27. The fourth-order valence-electron chi connectivity index (χ4n) is 1.38. The minimum atomic E-state index is -0.531. The molecule has 2 heteroatoms. The zero-order chi connectivity index (χ0) is 7.56. The van der Waals surface area contributed by atoms with E-state index in [2.05, 4.69) is 6.58 Å². The van der Waals surface area contributed by atoms with Gasteiger partial charge in [-0.3, -0.25) is 0 Å². The Kier molecular flexibility index (Phi) is 2.46. The molecular weight excluding hydrogens is 128 g/mol. The third kappa shape index (κ3) is 1.58. The molecule has 1 rings (SSSR count). The van der Waals surface area contributed by atoms with Crippen molar-refractivity contribution in [3.63, 3.8) is 0 Å². The van der Waals surface area contributed by atoms with Crippen LogP contribution in [0.1, 0.15) is 19.3 Å². The van der Waals surface area contributed by atoms with Gasteiger partial charge in [-0.2, -0.15) is 0 Å². The zero-order valence-corrected chi connectivity index (χ0v) is 6.03. The van der Waals surface area contributed by atoms with E-state index in [4.69, 9.17) is 5.11 Å². The zero-order valence-electron chi connectivity index (χ0n) is 6.03. The van der Waals surface area contributed by atoms with Crippen molar-refractivity contribution in [3.8, 4) is 0 Å². The molecule has 0 saturated heterocycles. The Morgan fingerprint density at radius 2 is 1.90 bits per heavy atom. The van der Waals surface area contributed by atoms with Gasteiger partial charge in [-0.1, -0.05) is 6.08 Å². The summed E-state index contributed by atoms with van der Waals surface area (Å²) in [6, 6.07) is 0. The number of rotatable bonds is 1. The first kappa shape index (κ1) is 7.76. The molecule has 1 fully saturated rings. The van der Waals surface area contributed by atoms with Crippen LogP contribution in [0.5, 0.6) is 0 Å². The third-order valence-electron chi connectivity index (χ3n) is 2.15. The highest BCUT2D eigenvalue weighted by Gasteiger charge is 2.25. The standard InChI is InChI=1S/C8H14O2/c1-2-6-3-4-7(9)8(10)5-6/h2,6-10H,1,3-5H2/t6-,7-,8-/m0/s1. The number of aliphatic hydroxyl groups is 2. The molecule has 0 bridgehead atoms. The molecule has 0 amide bonds. The monoisotopic (exact) mass is 142 g/mol. The van der Waals surface area contributed by atoms with Crippen LogP contribution in [0.25, 0.3) is 0 Å². The molecule has 1 aliphatic carbocycles. The Morgan fingerprint density at radius 3 is 2.40 bits per heavy atom. The van der Waals surface area contributed by atoms with E-state index in [0.717, 1.165) is 6.42 Å². The first-order valence-corrected chi connectivity index (χ1v) is 3.72. The summed E-state index contributed by atoms with van der Waals surface area (Å²) >= 11 is 0. The van der Waals surface area contributed by atoms with E-state index in [0.29, 0.717) is 18.8 Å². The molecule has 0 aliphatic heterocycles. The quantitative estimate of drug-likeness (QED) is 0.529. The van der Waals surface area contributed by atoms with Gasteiger partial charge in [-0.05, 0) is 25.2 Å². The van der Waals surface area contributed by atoms with Crippen LogP contribution in [-0.2, 0) is 0 Å². The maximum absolute atomic E-state index is 9.18. The van der Waals surface area contributed by atoms with Crippen LogP contribution in [0, 0.1) is 5.92 Å². The fourth-order valence-corrected chi connectivity index (χ4v) is 1.38. The average molecular weight is 142 g/mol. The first-order valence-electron chi connectivity index (χ1n) is 3.72. The second kappa shape index (κ2) is 3.17. The van der Waals surface area contributed by atoms with Gasteiger partial charge >= 0.3 is 0 Å². The van der Waals surface area contributed by atoms with Crippen molar-refractivity contribution >= 4 is 0 Å². The van der Waals surface area contributed by atoms with Gasteiger partial charge in [0.2, 0.25) is 0 Å². The summed E-state index contributed by atoms with van der Waals surface area (Å²) in [5.41, 5.74) is 0. The Morgan fingerprint density at radius 1 is 1.20 bits per heavy atom. The van der Waals surface area contributed by atoms with Gasteiger partial charge in [0, 0.05) is 0 Å². The maximum Gasteiger partial charge on any atom is 0.0804 e. The van der Waals surface area contributed by atoms with Gasteiger partial charge in [-0.15, -0.1) is 6.58 Å². The van der Waals surface area contributed by atoms with Crippen LogP contribution in [0.3, 0.4) is 0 Å². The Hall–Kier alpha value is -0.340. The molecule has 3 atom stereocenters. The summed E-state index contributed by atoms with van der Waals surface area (Å²) in [4.78, 5) is 0. The lowest BCUT2D eigenvalue weighted by molar-refractivity contribution is -0.0188. The van der Waals surface area contributed by atoms with E-state index in [1.54, 1.807) is 0 Å². The van der Waals surface area contributed by atoms with Crippen LogP contribution in [-0.4, -0.2) is 22.4 Å². The summed E-state index contributed by atoms with van der Waals surface area (Å²) < 4.78 is 0. The van der Waals surface area contributed by atoms with Crippen LogP contribution >= 0.6 is 0 Å². The van der Waals surface area contributed by atoms with E-state index in [1.807, 2.05) is 6.08 Å². The molecule has 1 saturated carbocycles. The van der Waals surface area contributed by atoms with Crippen molar-refractivity contribution in [3.05, 3.63) is 12.7 Å². The molecule has 58 valence electrons. The van der Waals surface area contributed by atoms with E-state index >= 15 is 0 Å². The van der Waals surface area contributed by atoms with Crippen LogP contribution in [0.2, 0.25) is 0 Å². The fraction of sp³-hybridized carbons (Fsp3) is 0.750. The first-order chi connectivity index (χ1) is 4.74. The molecule has 0 unspecified atom stereocenters. The molecule has 1 aliphatic rings. The van der Waals surface area contributed by atoms with E-state index in [9.17, 15) is 5.11 Å². The van der Waals surface area contributed by atoms with Gasteiger partial charge in [0.25, 0.3) is 0 Å². The molecule has 0 aromatic carbocycles. The summed E-state index contributed by atoms with van der Waals surface area (Å²) in [7, 11) is 0. The molecule has 10 heavy (non-hydrogen) atoms. The number of aliphatic hydroxyl groups excluding tert-OH is 2. The lowest BCUT2D eigenvalue weighted by Crippen LogP contribution is -2.32. The highest BCUT2D eigenvalue weighted by Crippen LogP contribution is 2.24. The molecule has 0 heterocycles. The largest absolute Gasteiger partial charge is 0.390 e. The molecule has 0 aromatic rings. The average Bonchev–Trinajstić information content (AvgIpc) is 1.95. The third-order valence-corrected chi connectivity index (χ3v) is 2.15. The molecule has 2 N–H and O–H groups in total. The molecule has 2 nitrogen and oxygen atoms in total. The smallest absolute Gasteiger partial charge is 0.0804 e. The van der Waals surface area contributed by atoms with Crippen molar-refractivity contribution in [2.24, 2.45) is 5.92 Å². The minimum absolute atomic E-state index is 0.401. The summed E-state index contributed by atoms with van der Waals surface area (Å²) in [5.74, 6) is 0.401. The molecule has 0 aromatic heterocycles. The predicted molar refractivity (Wildman–Crippen MR) is 39.6 cm³/mol. The van der Waals surface area contributed by atoms with Gasteiger partial charge in [0.1, 0.15) is 0 Å². The minimum Gasteiger partial charge on any atom is -0.390 e. The number of hydrogen-bond acceptors (Lipinski definition) is 2. The lowest BCUT2D eigenvalue weighted by atomic mass is 9.86. The van der Waals surface area contributed by atoms with Crippen molar-refractivity contribution in [1.82, 2.24) is 0 Å². The predicted octanol–water partition coefficient (Wildman–Crippen LogP) is 0.694. The molecule has 0 radical (unpaired) electrons. The normalized spacial score (nSPS) is 41.2. The topological polar surface area (TPSA) is 40.5 Å². The summed E-state index contributed by atoms with van der Waals surface area (Å²) in [5, 5.41) is 18.3. The van der Waals surface area contributed by atoms with Crippen molar-refractivity contribution < 1.29 is 10.2 Å². The highest BCUT2D eigenvalue weighted by molar-refractivity contribution is 4.88. The van der Waals surface area contributed by atoms with Crippen molar-refractivity contribution in [1.29, 1.82) is 0 Å². The van der Waals surface area contributed by atoms with Gasteiger partial charge < -0.3 is 10.2 Å². The van der Waals surface area contributed by atoms with Crippen LogP contribution < -0.4 is 0 Å². The van der Waals surface area contributed by atoms with E-state index in [1.165, 1.54) is 0 Å². The van der Waals surface area contributed by atoms with E-state index < -0.39 is 12.2 Å². The second-order valence-corrected chi connectivity index (χ2v) is 2.94. The number of allylic oxidation sites excluding steroid dienone is 1. The van der Waals surface area contributed by atoms with E-state index in [-0.39, 0.29) is 0 Å². The summed E-state index contributed by atoms with van der Waals surface area (Å²) in [6.45, 7) is 3.65. The van der Waals surface area contributed by atoms with Crippen LogP contribution in [0.4, 0.5) is 0 Å². The Labute approximate surface area is 61.2 Å². The molecular formula is C8H14O2. The van der Waals surface area contributed by atoms with Crippen LogP contribution in [0.15, 0.2) is 12.7 Å². The molecule has 0 spiro atoms. The SMILES string of the molecule is C=C[C@H]1CC[C@H](O)[C@@H](O)C1. The summed E-state index contributed by atoms with van der Waals surface area (Å²) in [6.07, 6.45) is 3.16. The van der Waals surface area contributed by atoms with Crippen molar-refractivity contribution in [2.45, 2.75) is 31.5 Å².